The van der Waals surface area contributed by atoms with Crippen LogP contribution in [0.3, 0.4) is 0 Å². The molecule has 1 N–H and O–H groups in total. The largest absolute Gasteiger partial charge is 0.351 e. The Balaban J connectivity index is 1.53. The molecular weight excluding hydrogens is 288 g/mol. The first-order valence-corrected chi connectivity index (χ1v) is 7.39. The van der Waals surface area contributed by atoms with Gasteiger partial charge in [0.2, 0.25) is 0 Å². The van der Waals surface area contributed by atoms with E-state index >= 15 is 0 Å². The SMILES string of the molecule is Cc1nnsc1C(=O)NCCCc1nnc2ccccn12. The summed E-state index contributed by atoms with van der Waals surface area (Å²) in [6.07, 6.45) is 3.49. The smallest absolute Gasteiger partial charge is 0.264 e. The van der Waals surface area contributed by atoms with Gasteiger partial charge in [0.05, 0.1) is 5.69 Å². The Morgan fingerprint density at radius 2 is 2.24 bits per heavy atom. The molecule has 3 aromatic heterocycles. The molecule has 0 bridgehead atoms. The molecule has 7 nitrogen and oxygen atoms in total. The maximum atomic E-state index is 11.9. The number of aryl methyl sites for hydroxylation is 2. The van der Waals surface area contributed by atoms with Gasteiger partial charge in [-0.2, -0.15) is 0 Å². The summed E-state index contributed by atoms with van der Waals surface area (Å²) in [4.78, 5) is 12.5. The van der Waals surface area contributed by atoms with Crippen molar-refractivity contribution in [3.05, 3.63) is 40.8 Å². The van der Waals surface area contributed by atoms with Gasteiger partial charge in [-0.25, -0.2) is 0 Å². The summed E-state index contributed by atoms with van der Waals surface area (Å²) in [6, 6.07) is 5.79. The maximum Gasteiger partial charge on any atom is 0.264 e. The summed E-state index contributed by atoms with van der Waals surface area (Å²) in [6.45, 7) is 2.36. The lowest BCUT2D eigenvalue weighted by Gasteiger charge is -2.03. The number of aromatic nitrogens is 5. The molecule has 1 amide bonds. The summed E-state index contributed by atoms with van der Waals surface area (Å²) in [5.41, 5.74) is 1.50. The highest BCUT2D eigenvalue weighted by molar-refractivity contribution is 7.07. The van der Waals surface area contributed by atoms with Crippen molar-refractivity contribution >= 4 is 23.1 Å². The van der Waals surface area contributed by atoms with E-state index in [9.17, 15) is 4.79 Å². The second-order valence-corrected chi connectivity index (χ2v) is 5.35. The lowest BCUT2D eigenvalue weighted by atomic mass is 10.3. The normalized spacial score (nSPS) is 10.9. The maximum absolute atomic E-state index is 11.9. The second-order valence-electron chi connectivity index (χ2n) is 4.59. The van der Waals surface area contributed by atoms with Gasteiger partial charge in [0.15, 0.2) is 5.65 Å². The Hall–Kier alpha value is -2.35. The van der Waals surface area contributed by atoms with Gasteiger partial charge >= 0.3 is 0 Å². The van der Waals surface area contributed by atoms with Gasteiger partial charge in [0, 0.05) is 19.2 Å². The number of pyridine rings is 1. The fourth-order valence-electron chi connectivity index (χ4n) is 2.03. The van der Waals surface area contributed by atoms with Crippen LogP contribution in [0.4, 0.5) is 0 Å². The predicted octanol–water partition coefficient (Wildman–Crippen LogP) is 1.25. The van der Waals surface area contributed by atoms with Crippen molar-refractivity contribution in [2.75, 3.05) is 6.54 Å². The second kappa shape index (κ2) is 5.96. The molecule has 8 heteroatoms. The summed E-state index contributed by atoms with van der Waals surface area (Å²) >= 11 is 1.12. The van der Waals surface area contributed by atoms with Crippen molar-refractivity contribution in [2.24, 2.45) is 0 Å². The van der Waals surface area contributed by atoms with Crippen LogP contribution in [-0.4, -0.2) is 36.6 Å². The van der Waals surface area contributed by atoms with Crippen LogP contribution < -0.4 is 5.32 Å². The van der Waals surface area contributed by atoms with Gasteiger partial charge in [-0.15, -0.1) is 15.3 Å². The molecule has 0 saturated heterocycles. The van der Waals surface area contributed by atoms with E-state index in [1.54, 1.807) is 6.92 Å². The monoisotopic (exact) mass is 302 g/mol. The van der Waals surface area contributed by atoms with Crippen molar-refractivity contribution in [3.63, 3.8) is 0 Å². The number of fused-ring (bicyclic) bond motifs is 1. The topological polar surface area (TPSA) is 85.1 Å². The van der Waals surface area contributed by atoms with Gasteiger partial charge in [0.25, 0.3) is 5.91 Å². The number of nitrogens with one attached hydrogen (secondary N) is 1. The van der Waals surface area contributed by atoms with Crippen LogP contribution >= 0.6 is 11.5 Å². The van der Waals surface area contributed by atoms with Gasteiger partial charge in [-0.1, -0.05) is 10.6 Å². The number of carbonyl (C=O) groups is 1. The van der Waals surface area contributed by atoms with E-state index in [2.05, 4.69) is 25.1 Å². The first-order valence-electron chi connectivity index (χ1n) is 6.61. The molecule has 0 fully saturated rings. The molecule has 3 rings (SSSR count). The zero-order valence-electron chi connectivity index (χ0n) is 11.5. The van der Waals surface area contributed by atoms with E-state index in [1.165, 1.54) is 0 Å². The van der Waals surface area contributed by atoms with E-state index in [0.29, 0.717) is 17.1 Å². The zero-order valence-corrected chi connectivity index (χ0v) is 12.3. The fourth-order valence-corrected chi connectivity index (χ4v) is 2.60. The van der Waals surface area contributed by atoms with Gasteiger partial charge in [-0.3, -0.25) is 9.20 Å². The summed E-state index contributed by atoms with van der Waals surface area (Å²) in [5, 5.41) is 15.0. The minimum atomic E-state index is -0.117. The Labute approximate surface area is 125 Å². The molecule has 0 aliphatic heterocycles. The number of nitrogens with zero attached hydrogens (tertiary/aromatic N) is 5. The third kappa shape index (κ3) is 2.89. The molecule has 0 radical (unpaired) electrons. The van der Waals surface area contributed by atoms with Gasteiger partial charge < -0.3 is 5.32 Å². The van der Waals surface area contributed by atoms with Gasteiger partial charge in [0.1, 0.15) is 10.7 Å². The highest BCUT2D eigenvalue weighted by Gasteiger charge is 2.12. The molecule has 0 atom stereocenters. The van der Waals surface area contributed by atoms with Crippen LogP contribution in [0, 0.1) is 6.92 Å². The summed E-state index contributed by atoms with van der Waals surface area (Å²) in [5.74, 6) is 0.782. The van der Waals surface area contributed by atoms with E-state index in [4.69, 9.17) is 0 Å². The summed E-state index contributed by atoms with van der Waals surface area (Å²) < 4.78 is 5.71. The average molecular weight is 302 g/mol. The Kier molecular flexibility index (Phi) is 3.87. The first kappa shape index (κ1) is 13.6. The highest BCUT2D eigenvalue weighted by Crippen LogP contribution is 2.08. The molecule has 0 unspecified atom stereocenters. The number of hydrogen-bond acceptors (Lipinski definition) is 6. The van der Waals surface area contributed by atoms with E-state index in [1.807, 2.05) is 28.8 Å². The molecule has 0 aromatic carbocycles. The number of rotatable bonds is 5. The molecule has 0 aliphatic carbocycles. The minimum absolute atomic E-state index is 0.117. The average Bonchev–Trinajstić information content (AvgIpc) is 3.10. The zero-order chi connectivity index (χ0) is 14.7. The molecule has 3 aromatic rings. The molecule has 108 valence electrons. The van der Waals surface area contributed by atoms with E-state index < -0.39 is 0 Å². The van der Waals surface area contributed by atoms with E-state index in [-0.39, 0.29) is 5.91 Å². The molecule has 0 spiro atoms. The number of carbonyl (C=O) groups excluding carboxylic acids is 1. The molecule has 0 aliphatic rings. The van der Waals surface area contributed by atoms with Gasteiger partial charge in [-0.05, 0) is 37.0 Å². The third-order valence-corrected chi connectivity index (χ3v) is 3.93. The number of hydrogen-bond donors (Lipinski definition) is 1. The van der Waals surface area contributed by atoms with Crippen LogP contribution in [-0.2, 0) is 6.42 Å². The van der Waals surface area contributed by atoms with Crippen LogP contribution in [0.15, 0.2) is 24.4 Å². The molecule has 0 saturated carbocycles. The first-order chi connectivity index (χ1) is 10.3. The molecule has 21 heavy (non-hydrogen) atoms. The Bertz CT molecular complexity index is 765. The Morgan fingerprint density at radius 1 is 1.33 bits per heavy atom. The van der Waals surface area contributed by atoms with Crippen molar-refractivity contribution in [1.29, 1.82) is 0 Å². The Morgan fingerprint density at radius 3 is 3.05 bits per heavy atom. The lowest BCUT2D eigenvalue weighted by Crippen LogP contribution is -2.24. The van der Waals surface area contributed by atoms with Crippen molar-refractivity contribution in [1.82, 2.24) is 29.5 Å². The van der Waals surface area contributed by atoms with Crippen LogP contribution in [0.25, 0.3) is 5.65 Å². The van der Waals surface area contributed by atoms with E-state index in [0.717, 1.165) is 35.8 Å². The van der Waals surface area contributed by atoms with Crippen molar-refractivity contribution in [3.8, 4) is 0 Å². The van der Waals surface area contributed by atoms with Crippen molar-refractivity contribution in [2.45, 2.75) is 19.8 Å². The number of amides is 1. The fraction of sp³-hybridized carbons (Fsp3) is 0.308. The van der Waals surface area contributed by atoms with Crippen molar-refractivity contribution < 1.29 is 4.79 Å². The minimum Gasteiger partial charge on any atom is -0.351 e. The predicted molar refractivity (Wildman–Crippen MR) is 78.3 cm³/mol. The van der Waals surface area contributed by atoms with Crippen LogP contribution in [0.2, 0.25) is 0 Å². The lowest BCUT2D eigenvalue weighted by molar-refractivity contribution is 0.0956. The molecule has 3 heterocycles. The third-order valence-electron chi connectivity index (χ3n) is 3.10. The van der Waals surface area contributed by atoms with Crippen LogP contribution in [0.1, 0.15) is 27.6 Å². The summed E-state index contributed by atoms with van der Waals surface area (Å²) in [7, 11) is 0. The quantitative estimate of drug-likeness (QED) is 0.717. The molecular formula is C13H14N6OS. The standard InChI is InChI=1S/C13H14N6OS/c1-9-12(21-18-15-9)13(20)14-7-4-6-11-17-16-10-5-2-3-8-19(10)11/h2-3,5,8H,4,6-7H2,1H3,(H,14,20). The highest BCUT2D eigenvalue weighted by atomic mass is 32.1. The van der Waals surface area contributed by atoms with Crippen LogP contribution in [0.5, 0.6) is 0 Å².